The van der Waals surface area contributed by atoms with Crippen LogP contribution in [0, 0.1) is 6.07 Å². The Morgan fingerprint density at radius 3 is 2.09 bits per heavy atom. The van der Waals surface area contributed by atoms with Gasteiger partial charge in [-0.1, -0.05) is 83.3 Å². The molecule has 1 aromatic rings. The first-order valence-electron chi connectivity index (χ1n) is 9.09. The monoisotopic (exact) mass is 302 g/mol. The Labute approximate surface area is 136 Å². The highest BCUT2D eigenvalue weighted by Crippen LogP contribution is 2.12. The smallest absolute Gasteiger partial charge is 0.224 e. The number of nitrogens with one attached hydrogen (secondary N) is 1. The Balaban J connectivity index is 1.86. The molecular weight excluding hydrogens is 270 g/mol. The normalized spacial score (nSPS) is 10.6. The summed E-state index contributed by atoms with van der Waals surface area (Å²) in [6.45, 7) is 2.26. The second kappa shape index (κ2) is 13.4. The fourth-order valence-corrected chi connectivity index (χ4v) is 2.64. The van der Waals surface area contributed by atoms with Crippen LogP contribution in [0.5, 0.6) is 0 Å². The molecule has 0 saturated carbocycles. The molecule has 0 saturated heterocycles. The molecule has 0 aliphatic carbocycles. The zero-order chi connectivity index (χ0) is 15.9. The summed E-state index contributed by atoms with van der Waals surface area (Å²) in [6, 6.07) is 10.4. The zero-order valence-corrected chi connectivity index (χ0v) is 14.2. The summed E-state index contributed by atoms with van der Waals surface area (Å²) in [5.74, 6) is 0.121. The van der Waals surface area contributed by atoms with E-state index >= 15 is 0 Å². The SMILES string of the molecule is CCCCCCCCCCCCCC(=O)Nc1c[c]ccc1. The minimum atomic E-state index is 0.121. The van der Waals surface area contributed by atoms with Gasteiger partial charge in [-0.2, -0.15) is 0 Å². The van der Waals surface area contributed by atoms with Crippen LogP contribution >= 0.6 is 0 Å². The highest BCUT2D eigenvalue weighted by molar-refractivity contribution is 5.90. The molecule has 1 rings (SSSR count). The molecule has 2 nitrogen and oxygen atoms in total. The number of carbonyl (C=O) groups excluding carboxylic acids is 1. The maximum Gasteiger partial charge on any atom is 0.224 e. The van der Waals surface area contributed by atoms with E-state index < -0.39 is 0 Å². The van der Waals surface area contributed by atoms with Crippen molar-refractivity contribution in [1.82, 2.24) is 0 Å². The first kappa shape index (κ1) is 18.7. The van der Waals surface area contributed by atoms with Crippen molar-refractivity contribution in [3.05, 3.63) is 30.3 Å². The van der Waals surface area contributed by atoms with E-state index in [4.69, 9.17) is 0 Å². The van der Waals surface area contributed by atoms with E-state index in [-0.39, 0.29) is 5.91 Å². The van der Waals surface area contributed by atoms with Crippen LogP contribution < -0.4 is 5.32 Å². The molecule has 0 bridgehead atoms. The maximum atomic E-state index is 11.7. The van der Waals surface area contributed by atoms with Gasteiger partial charge in [-0.3, -0.25) is 4.79 Å². The maximum absolute atomic E-state index is 11.7. The van der Waals surface area contributed by atoms with E-state index in [1.165, 1.54) is 64.2 Å². The Morgan fingerprint density at radius 1 is 0.955 bits per heavy atom. The van der Waals surface area contributed by atoms with Crippen LogP contribution in [-0.4, -0.2) is 5.91 Å². The third kappa shape index (κ3) is 10.4. The van der Waals surface area contributed by atoms with Gasteiger partial charge in [0, 0.05) is 12.1 Å². The fourth-order valence-electron chi connectivity index (χ4n) is 2.64. The predicted molar refractivity (Wildman–Crippen MR) is 95.0 cm³/mol. The van der Waals surface area contributed by atoms with Crippen LogP contribution in [0.1, 0.15) is 84.0 Å². The molecule has 22 heavy (non-hydrogen) atoms. The highest BCUT2D eigenvalue weighted by atomic mass is 16.1. The van der Waals surface area contributed by atoms with Crippen LogP contribution in [0.4, 0.5) is 5.69 Å². The van der Waals surface area contributed by atoms with Gasteiger partial charge < -0.3 is 5.32 Å². The summed E-state index contributed by atoms with van der Waals surface area (Å²) in [7, 11) is 0. The highest BCUT2D eigenvalue weighted by Gasteiger charge is 2.01. The molecule has 0 aliphatic rings. The number of amides is 1. The standard InChI is InChI=1S/C20H32NO/c1-2-3-4-5-6-7-8-9-10-11-15-18-20(22)21-19-16-13-12-14-17-19/h12-13,16-17H,2-11,15,18H2,1H3,(H,21,22). The van der Waals surface area contributed by atoms with E-state index in [0.717, 1.165) is 12.1 Å². The second-order valence-corrected chi connectivity index (χ2v) is 6.13. The van der Waals surface area contributed by atoms with Gasteiger partial charge in [0.1, 0.15) is 0 Å². The number of hydrogen-bond donors (Lipinski definition) is 1. The Bertz CT molecular complexity index is 375. The first-order chi connectivity index (χ1) is 10.8. The van der Waals surface area contributed by atoms with Gasteiger partial charge in [-0.15, -0.1) is 0 Å². The minimum Gasteiger partial charge on any atom is -0.326 e. The number of benzene rings is 1. The van der Waals surface area contributed by atoms with E-state index in [1.54, 1.807) is 6.07 Å². The molecule has 0 heterocycles. The molecule has 1 radical (unpaired) electrons. The lowest BCUT2D eigenvalue weighted by molar-refractivity contribution is -0.116. The lowest BCUT2D eigenvalue weighted by atomic mass is 10.1. The molecule has 123 valence electrons. The summed E-state index contributed by atoms with van der Waals surface area (Å²) < 4.78 is 0. The first-order valence-corrected chi connectivity index (χ1v) is 9.09. The Hall–Kier alpha value is -1.31. The van der Waals surface area contributed by atoms with E-state index in [2.05, 4.69) is 18.3 Å². The van der Waals surface area contributed by atoms with Crippen molar-refractivity contribution in [3.8, 4) is 0 Å². The van der Waals surface area contributed by atoms with Crippen LogP contribution in [0.3, 0.4) is 0 Å². The number of unbranched alkanes of at least 4 members (excludes halogenated alkanes) is 10. The van der Waals surface area contributed by atoms with Gasteiger partial charge in [0.15, 0.2) is 0 Å². The van der Waals surface area contributed by atoms with E-state index in [0.29, 0.717) is 6.42 Å². The van der Waals surface area contributed by atoms with Crippen molar-refractivity contribution < 1.29 is 4.79 Å². The second-order valence-electron chi connectivity index (χ2n) is 6.13. The summed E-state index contributed by atoms with van der Waals surface area (Å²) >= 11 is 0. The van der Waals surface area contributed by atoms with Gasteiger partial charge in [0.05, 0.1) is 0 Å². The molecule has 0 fully saturated rings. The van der Waals surface area contributed by atoms with E-state index in [9.17, 15) is 4.79 Å². The van der Waals surface area contributed by atoms with Gasteiger partial charge in [0.25, 0.3) is 0 Å². The molecule has 2 heteroatoms. The van der Waals surface area contributed by atoms with Gasteiger partial charge in [-0.25, -0.2) is 0 Å². The van der Waals surface area contributed by atoms with E-state index in [1.807, 2.05) is 18.2 Å². The van der Waals surface area contributed by atoms with Crippen molar-refractivity contribution in [2.75, 3.05) is 5.32 Å². The van der Waals surface area contributed by atoms with Crippen molar-refractivity contribution in [1.29, 1.82) is 0 Å². The average molecular weight is 302 g/mol. The third-order valence-electron chi connectivity index (χ3n) is 4.00. The molecule has 0 atom stereocenters. The number of hydrogen-bond acceptors (Lipinski definition) is 1. The summed E-state index contributed by atoms with van der Waals surface area (Å²) in [5, 5.41) is 2.91. The molecule has 0 unspecified atom stereocenters. The third-order valence-corrected chi connectivity index (χ3v) is 4.00. The predicted octanol–water partition coefficient (Wildman–Crippen LogP) is 6.13. The lowest BCUT2D eigenvalue weighted by Crippen LogP contribution is -2.10. The Kier molecular flexibility index (Phi) is 11.4. The minimum absolute atomic E-state index is 0.121. The number of anilines is 1. The van der Waals surface area contributed by atoms with Gasteiger partial charge in [-0.05, 0) is 24.6 Å². The number of rotatable bonds is 13. The molecule has 0 spiro atoms. The molecule has 1 N–H and O–H groups in total. The van der Waals surface area contributed by atoms with Crippen LogP contribution in [0.25, 0.3) is 0 Å². The zero-order valence-electron chi connectivity index (χ0n) is 14.2. The molecule has 0 aliphatic heterocycles. The number of carbonyl (C=O) groups is 1. The molecule has 0 aromatic heterocycles. The van der Waals surface area contributed by atoms with Gasteiger partial charge >= 0.3 is 0 Å². The van der Waals surface area contributed by atoms with Crippen molar-refractivity contribution in [2.45, 2.75) is 84.0 Å². The molecule has 1 amide bonds. The lowest BCUT2D eigenvalue weighted by Gasteiger charge is -2.05. The summed E-state index contributed by atoms with van der Waals surface area (Å²) in [6.07, 6.45) is 15.1. The van der Waals surface area contributed by atoms with Crippen molar-refractivity contribution in [2.24, 2.45) is 0 Å². The Morgan fingerprint density at radius 2 is 1.55 bits per heavy atom. The largest absolute Gasteiger partial charge is 0.326 e. The average Bonchev–Trinajstić information content (AvgIpc) is 2.53. The van der Waals surface area contributed by atoms with Crippen LogP contribution in [-0.2, 0) is 4.79 Å². The molecule has 1 aromatic carbocycles. The quantitative estimate of drug-likeness (QED) is 0.436. The summed E-state index contributed by atoms with van der Waals surface area (Å²) in [4.78, 5) is 11.7. The summed E-state index contributed by atoms with van der Waals surface area (Å²) in [5.41, 5.74) is 0.843. The topological polar surface area (TPSA) is 29.1 Å². The van der Waals surface area contributed by atoms with Gasteiger partial charge in [0.2, 0.25) is 5.91 Å². The molecular formula is C20H32NO. The van der Waals surface area contributed by atoms with Crippen LogP contribution in [0.15, 0.2) is 24.3 Å². The fraction of sp³-hybridized carbons (Fsp3) is 0.650. The van der Waals surface area contributed by atoms with Crippen molar-refractivity contribution >= 4 is 11.6 Å². The van der Waals surface area contributed by atoms with Crippen molar-refractivity contribution in [3.63, 3.8) is 0 Å². The van der Waals surface area contributed by atoms with Crippen LogP contribution in [0.2, 0.25) is 0 Å².